The first kappa shape index (κ1) is 14.5. The van der Waals surface area contributed by atoms with Crippen molar-refractivity contribution in [3.8, 4) is 0 Å². The molecule has 1 rings (SSSR count). The van der Waals surface area contributed by atoms with Gasteiger partial charge in [-0.05, 0) is 31.4 Å². The number of benzene rings is 1. The highest BCUT2D eigenvalue weighted by Crippen LogP contribution is 2.19. The van der Waals surface area contributed by atoms with E-state index < -0.39 is 18.5 Å². The molecule has 0 radical (unpaired) electrons. The zero-order chi connectivity index (χ0) is 13.8. The van der Waals surface area contributed by atoms with Crippen LogP contribution in [0.15, 0.2) is 24.3 Å². The quantitative estimate of drug-likeness (QED) is 0.884. The standard InChI is InChI=1S/C13H16F3NO/c1-9-5-3-4-6-11(9)7-10(2)17-12(18)8-13(14,15)16/h3-6,10H,7-8H2,1-2H3,(H,17,18)/t10-/m1/s1. The third kappa shape index (κ3) is 5.21. The minimum Gasteiger partial charge on any atom is -0.353 e. The van der Waals surface area contributed by atoms with Crippen LogP contribution in [-0.2, 0) is 11.2 Å². The molecule has 0 aliphatic rings. The Morgan fingerprint density at radius 1 is 1.33 bits per heavy atom. The minimum atomic E-state index is -4.45. The van der Waals surface area contributed by atoms with E-state index in [0.29, 0.717) is 6.42 Å². The molecule has 0 saturated heterocycles. The number of aryl methyl sites for hydroxylation is 1. The summed E-state index contributed by atoms with van der Waals surface area (Å²) in [6.07, 6.45) is -5.35. The molecule has 1 aromatic carbocycles. The van der Waals surface area contributed by atoms with E-state index in [1.165, 1.54) is 0 Å². The van der Waals surface area contributed by atoms with Gasteiger partial charge in [0.1, 0.15) is 6.42 Å². The first-order valence-corrected chi connectivity index (χ1v) is 5.68. The van der Waals surface area contributed by atoms with Gasteiger partial charge < -0.3 is 5.32 Å². The summed E-state index contributed by atoms with van der Waals surface area (Å²) in [5.74, 6) is -0.983. The predicted octanol–water partition coefficient (Wildman–Crippen LogP) is 2.99. The van der Waals surface area contributed by atoms with E-state index in [1.54, 1.807) is 6.92 Å². The topological polar surface area (TPSA) is 29.1 Å². The molecule has 0 bridgehead atoms. The van der Waals surface area contributed by atoms with E-state index >= 15 is 0 Å². The maximum Gasteiger partial charge on any atom is 0.397 e. The van der Waals surface area contributed by atoms with Crippen LogP contribution in [0.1, 0.15) is 24.5 Å². The van der Waals surface area contributed by atoms with E-state index in [2.05, 4.69) is 5.32 Å². The van der Waals surface area contributed by atoms with E-state index in [0.717, 1.165) is 11.1 Å². The second kappa shape index (κ2) is 5.89. The fraction of sp³-hybridized carbons (Fsp3) is 0.462. The van der Waals surface area contributed by atoms with Crippen LogP contribution in [0.3, 0.4) is 0 Å². The number of halogens is 3. The summed E-state index contributed by atoms with van der Waals surface area (Å²) >= 11 is 0. The van der Waals surface area contributed by atoms with Crippen molar-refractivity contribution in [2.75, 3.05) is 0 Å². The fourth-order valence-electron chi connectivity index (χ4n) is 1.73. The van der Waals surface area contributed by atoms with E-state index in [1.807, 2.05) is 31.2 Å². The first-order chi connectivity index (χ1) is 8.28. The van der Waals surface area contributed by atoms with Crippen molar-refractivity contribution in [1.29, 1.82) is 0 Å². The number of amides is 1. The molecule has 2 nitrogen and oxygen atoms in total. The average Bonchev–Trinajstić information content (AvgIpc) is 2.18. The van der Waals surface area contributed by atoms with Crippen LogP contribution < -0.4 is 5.32 Å². The number of hydrogen-bond acceptors (Lipinski definition) is 1. The molecule has 18 heavy (non-hydrogen) atoms. The van der Waals surface area contributed by atoms with Gasteiger partial charge in [0.2, 0.25) is 5.91 Å². The normalized spacial score (nSPS) is 13.2. The minimum absolute atomic E-state index is 0.319. The Labute approximate surface area is 104 Å². The third-order valence-electron chi connectivity index (χ3n) is 2.56. The molecular formula is C13H16F3NO. The molecule has 5 heteroatoms. The number of carbonyl (C=O) groups excluding carboxylic acids is 1. The predicted molar refractivity (Wildman–Crippen MR) is 63.2 cm³/mol. The Hall–Kier alpha value is -1.52. The van der Waals surface area contributed by atoms with Crippen molar-refractivity contribution in [3.63, 3.8) is 0 Å². The lowest BCUT2D eigenvalue weighted by Crippen LogP contribution is -2.36. The molecule has 1 N–H and O–H groups in total. The summed E-state index contributed by atoms with van der Waals surface area (Å²) in [7, 11) is 0. The highest BCUT2D eigenvalue weighted by atomic mass is 19.4. The molecule has 1 aromatic rings. The Balaban J connectivity index is 2.50. The third-order valence-corrected chi connectivity index (χ3v) is 2.56. The van der Waals surface area contributed by atoms with Gasteiger partial charge in [-0.25, -0.2) is 0 Å². The molecule has 1 amide bonds. The number of carbonyl (C=O) groups is 1. The van der Waals surface area contributed by atoms with Crippen molar-refractivity contribution < 1.29 is 18.0 Å². The molecule has 100 valence electrons. The van der Waals surface area contributed by atoms with Crippen LogP contribution in [0, 0.1) is 6.92 Å². The maximum atomic E-state index is 12.0. The van der Waals surface area contributed by atoms with Gasteiger partial charge in [0.05, 0.1) is 0 Å². The van der Waals surface area contributed by atoms with Crippen LogP contribution in [0.2, 0.25) is 0 Å². The molecule has 0 heterocycles. The molecule has 0 aromatic heterocycles. The zero-order valence-corrected chi connectivity index (χ0v) is 10.3. The van der Waals surface area contributed by atoms with Gasteiger partial charge in [0, 0.05) is 6.04 Å². The highest BCUT2D eigenvalue weighted by Gasteiger charge is 2.31. The molecule has 0 fully saturated rings. The number of hydrogen-bond donors (Lipinski definition) is 1. The van der Waals surface area contributed by atoms with Gasteiger partial charge in [-0.2, -0.15) is 13.2 Å². The SMILES string of the molecule is Cc1ccccc1C[C@@H](C)NC(=O)CC(F)(F)F. The number of rotatable bonds is 4. The van der Waals surface area contributed by atoms with Crippen molar-refractivity contribution in [2.24, 2.45) is 0 Å². The van der Waals surface area contributed by atoms with E-state index in [4.69, 9.17) is 0 Å². The summed E-state index contributed by atoms with van der Waals surface area (Å²) in [5, 5.41) is 2.35. The van der Waals surface area contributed by atoms with Gasteiger partial charge in [-0.15, -0.1) is 0 Å². The summed E-state index contributed by atoms with van der Waals surface area (Å²) in [4.78, 5) is 11.1. The van der Waals surface area contributed by atoms with Crippen LogP contribution in [0.4, 0.5) is 13.2 Å². The first-order valence-electron chi connectivity index (χ1n) is 5.68. The van der Waals surface area contributed by atoms with Gasteiger partial charge in [-0.1, -0.05) is 24.3 Å². The Morgan fingerprint density at radius 2 is 1.94 bits per heavy atom. The lowest BCUT2D eigenvalue weighted by atomic mass is 10.0. The van der Waals surface area contributed by atoms with Gasteiger partial charge in [0.15, 0.2) is 0 Å². The van der Waals surface area contributed by atoms with E-state index in [-0.39, 0.29) is 6.04 Å². The van der Waals surface area contributed by atoms with Crippen molar-refractivity contribution in [3.05, 3.63) is 35.4 Å². The lowest BCUT2D eigenvalue weighted by molar-refractivity contribution is -0.154. The molecule has 0 aliphatic heterocycles. The monoisotopic (exact) mass is 259 g/mol. The van der Waals surface area contributed by atoms with Crippen molar-refractivity contribution in [1.82, 2.24) is 5.32 Å². The molecule has 1 atom stereocenters. The number of alkyl halides is 3. The largest absolute Gasteiger partial charge is 0.397 e. The smallest absolute Gasteiger partial charge is 0.353 e. The van der Waals surface area contributed by atoms with Crippen LogP contribution in [0.25, 0.3) is 0 Å². The zero-order valence-electron chi connectivity index (χ0n) is 10.3. The average molecular weight is 259 g/mol. The Morgan fingerprint density at radius 3 is 2.50 bits per heavy atom. The molecule has 0 unspecified atom stereocenters. The van der Waals surface area contributed by atoms with Crippen LogP contribution in [-0.4, -0.2) is 18.1 Å². The Kier molecular flexibility index (Phi) is 4.76. The van der Waals surface area contributed by atoms with E-state index in [9.17, 15) is 18.0 Å². The second-order valence-corrected chi connectivity index (χ2v) is 4.39. The number of nitrogens with one attached hydrogen (secondary N) is 1. The Bertz CT molecular complexity index is 415. The molecule has 0 spiro atoms. The molecule has 0 saturated carbocycles. The van der Waals surface area contributed by atoms with Crippen LogP contribution >= 0.6 is 0 Å². The highest BCUT2D eigenvalue weighted by molar-refractivity contribution is 5.76. The van der Waals surface area contributed by atoms with Gasteiger partial charge >= 0.3 is 6.18 Å². The second-order valence-electron chi connectivity index (χ2n) is 4.39. The summed E-state index contributed by atoms with van der Waals surface area (Å²) in [6, 6.07) is 7.28. The molecule has 0 aliphatic carbocycles. The summed E-state index contributed by atoms with van der Waals surface area (Å²) in [6.45, 7) is 3.63. The summed E-state index contributed by atoms with van der Waals surface area (Å²) < 4.78 is 36.0. The van der Waals surface area contributed by atoms with Crippen molar-refractivity contribution in [2.45, 2.75) is 38.9 Å². The lowest BCUT2D eigenvalue weighted by Gasteiger charge is -2.16. The van der Waals surface area contributed by atoms with Gasteiger partial charge in [0.25, 0.3) is 0 Å². The summed E-state index contributed by atoms with van der Waals surface area (Å²) in [5.41, 5.74) is 2.09. The fourth-order valence-corrected chi connectivity index (χ4v) is 1.73. The van der Waals surface area contributed by atoms with Crippen LogP contribution in [0.5, 0.6) is 0 Å². The maximum absolute atomic E-state index is 12.0. The molecular weight excluding hydrogens is 243 g/mol. The van der Waals surface area contributed by atoms with Crippen molar-refractivity contribution >= 4 is 5.91 Å². The van der Waals surface area contributed by atoms with Gasteiger partial charge in [-0.3, -0.25) is 4.79 Å².